The lowest BCUT2D eigenvalue weighted by Gasteiger charge is -2.09. The number of halogens is 2. The van der Waals surface area contributed by atoms with Gasteiger partial charge in [0, 0.05) is 0 Å². The summed E-state index contributed by atoms with van der Waals surface area (Å²) in [6.45, 7) is 2.19. The number of carboxylic acids is 1. The highest BCUT2D eigenvalue weighted by molar-refractivity contribution is 5.69. The Morgan fingerprint density at radius 2 is 2.17 bits per heavy atom. The average molecular weight is 263 g/mol. The van der Waals surface area contributed by atoms with Crippen molar-refractivity contribution in [1.29, 1.82) is 0 Å². The highest BCUT2D eigenvalue weighted by Crippen LogP contribution is 2.31. The number of aryl methyl sites for hydroxylation is 1. The molecule has 1 rings (SSSR count). The number of aromatic nitrogens is 2. The van der Waals surface area contributed by atoms with Gasteiger partial charge in [0.2, 0.25) is 0 Å². The molecule has 0 saturated heterocycles. The molecule has 100 valence electrons. The average Bonchev–Trinajstić information content (AvgIpc) is 2.54. The van der Waals surface area contributed by atoms with Gasteiger partial charge in [-0.2, -0.15) is 5.10 Å². The maximum atomic E-state index is 12.8. The lowest BCUT2D eigenvalue weighted by Crippen LogP contribution is -2.19. The van der Waals surface area contributed by atoms with Crippen molar-refractivity contribution in [2.75, 3.05) is 0 Å². The second-order valence-corrected chi connectivity index (χ2v) is 3.80. The number of nitrogens with zero attached hydrogens (tertiary/aromatic N) is 3. The topological polar surface area (TPSA) is 98.3 Å². The molecule has 0 spiro atoms. The minimum atomic E-state index is -3.09. The van der Waals surface area contributed by atoms with Crippen LogP contribution in [0.2, 0.25) is 0 Å². The Kier molecular flexibility index (Phi) is 3.94. The fourth-order valence-electron chi connectivity index (χ4n) is 1.51. The molecule has 1 unspecified atom stereocenters. The molecule has 1 atom stereocenters. The minimum Gasteiger partial charge on any atom is -0.481 e. The molecule has 0 fully saturated rings. The van der Waals surface area contributed by atoms with Crippen molar-refractivity contribution >= 4 is 11.7 Å². The first kappa shape index (κ1) is 14.0. The Balaban J connectivity index is 3.24. The molecular formula is C9H11F2N3O4. The Labute approximate surface area is 100 Å². The van der Waals surface area contributed by atoms with Crippen LogP contribution in [0.3, 0.4) is 0 Å². The van der Waals surface area contributed by atoms with Crippen LogP contribution >= 0.6 is 0 Å². The summed E-state index contributed by atoms with van der Waals surface area (Å²) in [6, 6.07) is 0. The molecule has 0 radical (unpaired) electrons. The van der Waals surface area contributed by atoms with Crippen LogP contribution in [0.15, 0.2) is 0 Å². The van der Waals surface area contributed by atoms with E-state index in [1.165, 1.54) is 13.8 Å². The Bertz CT molecular complexity index is 486. The predicted octanol–water partition coefficient (Wildman–Crippen LogP) is 1.76. The number of hydrogen-bond donors (Lipinski definition) is 1. The molecule has 0 aliphatic heterocycles. The molecule has 18 heavy (non-hydrogen) atoms. The summed E-state index contributed by atoms with van der Waals surface area (Å²) in [5, 5.41) is 23.0. The van der Waals surface area contributed by atoms with Gasteiger partial charge >= 0.3 is 11.7 Å². The van der Waals surface area contributed by atoms with E-state index in [-0.39, 0.29) is 12.2 Å². The van der Waals surface area contributed by atoms with E-state index in [4.69, 9.17) is 5.11 Å². The van der Waals surface area contributed by atoms with E-state index in [9.17, 15) is 23.7 Å². The van der Waals surface area contributed by atoms with Crippen molar-refractivity contribution in [3.63, 3.8) is 0 Å². The third-order valence-electron chi connectivity index (χ3n) is 2.39. The van der Waals surface area contributed by atoms with Gasteiger partial charge in [-0.3, -0.25) is 19.6 Å². The maximum absolute atomic E-state index is 12.8. The Morgan fingerprint density at radius 1 is 1.61 bits per heavy atom. The van der Waals surface area contributed by atoms with Crippen molar-refractivity contribution in [2.24, 2.45) is 5.92 Å². The van der Waals surface area contributed by atoms with Gasteiger partial charge in [0.1, 0.15) is 5.69 Å². The van der Waals surface area contributed by atoms with Crippen LogP contribution in [0.4, 0.5) is 14.5 Å². The van der Waals surface area contributed by atoms with Gasteiger partial charge in [-0.1, -0.05) is 6.92 Å². The van der Waals surface area contributed by atoms with Crippen LogP contribution in [0.25, 0.3) is 0 Å². The normalized spacial score (nSPS) is 12.7. The zero-order chi connectivity index (χ0) is 14.0. The first-order valence-corrected chi connectivity index (χ1v) is 4.98. The molecule has 0 aliphatic rings. The lowest BCUT2D eigenvalue weighted by atomic mass is 10.2. The molecule has 0 aliphatic carbocycles. The number of alkyl halides is 2. The van der Waals surface area contributed by atoms with Crippen molar-refractivity contribution < 1.29 is 23.6 Å². The first-order valence-electron chi connectivity index (χ1n) is 4.98. The maximum Gasteiger partial charge on any atom is 0.318 e. The summed E-state index contributed by atoms with van der Waals surface area (Å²) in [5.74, 6) is -2.16. The second kappa shape index (κ2) is 5.07. The number of nitro groups is 1. The first-order chi connectivity index (χ1) is 8.25. The van der Waals surface area contributed by atoms with Crippen LogP contribution in [0.5, 0.6) is 0 Å². The summed E-state index contributed by atoms with van der Waals surface area (Å²) in [7, 11) is 0. The fraction of sp³-hybridized carbons (Fsp3) is 0.556. The molecule has 0 saturated carbocycles. The third kappa shape index (κ3) is 2.60. The second-order valence-electron chi connectivity index (χ2n) is 3.80. The van der Waals surface area contributed by atoms with E-state index in [1.54, 1.807) is 0 Å². The largest absolute Gasteiger partial charge is 0.481 e. The molecule has 1 N–H and O–H groups in total. The fourth-order valence-corrected chi connectivity index (χ4v) is 1.51. The highest BCUT2D eigenvalue weighted by Gasteiger charge is 2.32. The van der Waals surface area contributed by atoms with Gasteiger partial charge in [0.25, 0.3) is 6.43 Å². The summed E-state index contributed by atoms with van der Waals surface area (Å²) >= 11 is 0. The Hall–Kier alpha value is -2.06. The molecule has 0 bridgehead atoms. The third-order valence-corrected chi connectivity index (χ3v) is 2.39. The van der Waals surface area contributed by atoms with Crippen LogP contribution in [-0.2, 0) is 11.3 Å². The molecule has 1 heterocycles. The van der Waals surface area contributed by atoms with E-state index < -0.39 is 34.6 Å². The van der Waals surface area contributed by atoms with Crippen LogP contribution in [0.1, 0.15) is 24.7 Å². The zero-order valence-electron chi connectivity index (χ0n) is 9.63. The smallest absolute Gasteiger partial charge is 0.318 e. The van der Waals surface area contributed by atoms with Crippen molar-refractivity contribution in [3.8, 4) is 0 Å². The van der Waals surface area contributed by atoms with Crippen molar-refractivity contribution in [2.45, 2.75) is 26.8 Å². The number of carbonyl (C=O) groups is 1. The van der Waals surface area contributed by atoms with E-state index >= 15 is 0 Å². The van der Waals surface area contributed by atoms with Crippen molar-refractivity contribution in [1.82, 2.24) is 9.78 Å². The molecular weight excluding hydrogens is 252 g/mol. The SMILES string of the molecule is Cc1nn(CC(C)C(=O)O)c(C(F)F)c1[N+](=O)[O-]. The monoisotopic (exact) mass is 263 g/mol. The Morgan fingerprint density at radius 3 is 2.56 bits per heavy atom. The molecule has 1 aromatic rings. The van der Waals surface area contributed by atoms with Gasteiger partial charge in [-0.15, -0.1) is 0 Å². The molecule has 9 heteroatoms. The lowest BCUT2D eigenvalue weighted by molar-refractivity contribution is -0.387. The van der Waals surface area contributed by atoms with Gasteiger partial charge in [-0.05, 0) is 6.92 Å². The quantitative estimate of drug-likeness (QED) is 0.644. The summed E-state index contributed by atoms with van der Waals surface area (Å²) in [5.41, 5.74) is -1.78. The van der Waals surface area contributed by atoms with E-state index in [1.807, 2.05) is 0 Å². The molecule has 0 amide bonds. The van der Waals surface area contributed by atoms with Crippen LogP contribution in [-0.4, -0.2) is 25.8 Å². The van der Waals surface area contributed by atoms with Gasteiger partial charge < -0.3 is 5.11 Å². The summed E-state index contributed by atoms with van der Waals surface area (Å²) < 4.78 is 26.3. The van der Waals surface area contributed by atoms with Crippen LogP contribution < -0.4 is 0 Å². The number of rotatable bonds is 5. The van der Waals surface area contributed by atoms with Crippen LogP contribution in [0, 0.1) is 23.0 Å². The van der Waals surface area contributed by atoms with E-state index in [2.05, 4.69) is 5.10 Å². The molecule has 0 aromatic carbocycles. The summed E-state index contributed by atoms with van der Waals surface area (Å²) in [4.78, 5) is 20.4. The van der Waals surface area contributed by atoms with Gasteiger partial charge in [-0.25, -0.2) is 8.78 Å². The molecule has 7 nitrogen and oxygen atoms in total. The zero-order valence-corrected chi connectivity index (χ0v) is 9.63. The van der Waals surface area contributed by atoms with E-state index in [0.717, 1.165) is 0 Å². The number of aliphatic carboxylic acids is 1. The molecule has 1 aromatic heterocycles. The van der Waals surface area contributed by atoms with Crippen molar-refractivity contribution in [3.05, 3.63) is 21.5 Å². The van der Waals surface area contributed by atoms with E-state index in [0.29, 0.717) is 4.68 Å². The number of hydrogen-bond acceptors (Lipinski definition) is 4. The minimum absolute atomic E-state index is 0.159. The predicted molar refractivity (Wildman–Crippen MR) is 55.4 cm³/mol. The number of carboxylic acid groups (broad SMARTS) is 1. The standard InChI is InChI=1S/C9H11F2N3O4/c1-4(9(15)16)3-13-7(8(10)11)6(14(17)18)5(2)12-13/h4,8H,3H2,1-2H3,(H,15,16). The van der Waals surface area contributed by atoms with Gasteiger partial charge in [0.15, 0.2) is 5.69 Å². The van der Waals surface area contributed by atoms with Gasteiger partial charge in [0.05, 0.1) is 17.4 Å². The summed E-state index contributed by atoms with van der Waals surface area (Å²) in [6.07, 6.45) is -3.09. The highest BCUT2D eigenvalue weighted by atomic mass is 19.3.